The van der Waals surface area contributed by atoms with Gasteiger partial charge in [-0.1, -0.05) is 73.6 Å². The van der Waals surface area contributed by atoms with Crippen LogP contribution in [0.15, 0.2) is 65.8 Å². The molecular formula is C25H31N5OS. The number of rotatable bonds is 9. The lowest BCUT2D eigenvalue weighted by Crippen LogP contribution is -2.45. The largest absolute Gasteiger partial charge is 0.353 e. The van der Waals surface area contributed by atoms with Crippen LogP contribution < -0.4 is 5.32 Å². The fourth-order valence-electron chi connectivity index (χ4n) is 4.03. The molecule has 2 aromatic carbocycles. The van der Waals surface area contributed by atoms with Crippen LogP contribution in [-0.2, 0) is 4.79 Å². The molecule has 1 aliphatic rings. The highest BCUT2D eigenvalue weighted by molar-refractivity contribution is 7.99. The van der Waals surface area contributed by atoms with Crippen LogP contribution in [0.1, 0.15) is 32.6 Å². The van der Waals surface area contributed by atoms with Crippen LogP contribution in [0.4, 0.5) is 0 Å². The SMILES string of the molecule is CCCCN1CCC(NC(=O)CSc2nnc(-c3ccccc3)n2-c2ccccc2)CC1. The predicted molar refractivity (Wildman–Crippen MR) is 130 cm³/mol. The Kier molecular flexibility index (Phi) is 7.96. The van der Waals surface area contributed by atoms with E-state index < -0.39 is 0 Å². The number of aromatic nitrogens is 3. The predicted octanol–water partition coefficient (Wildman–Crippen LogP) is 4.41. The highest BCUT2D eigenvalue weighted by Crippen LogP contribution is 2.27. The highest BCUT2D eigenvalue weighted by Gasteiger charge is 2.21. The molecule has 0 bridgehead atoms. The third-order valence-corrected chi connectivity index (χ3v) is 6.72. The molecule has 0 spiro atoms. The lowest BCUT2D eigenvalue weighted by molar-refractivity contribution is -0.119. The molecule has 3 aromatic rings. The van der Waals surface area contributed by atoms with Crippen LogP contribution in [0.2, 0.25) is 0 Å². The Hall–Kier alpha value is -2.64. The van der Waals surface area contributed by atoms with Crippen LogP contribution in [0.3, 0.4) is 0 Å². The molecule has 0 atom stereocenters. The number of hydrogen-bond acceptors (Lipinski definition) is 5. The number of hydrogen-bond donors (Lipinski definition) is 1. The summed E-state index contributed by atoms with van der Waals surface area (Å²) in [5, 5.41) is 12.8. The van der Waals surface area contributed by atoms with Crippen LogP contribution in [0.5, 0.6) is 0 Å². The molecule has 1 fully saturated rings. The van der Waals surface area contributed by atoms with Gasteiger partial charge in [0.05, 0.1) is 5.75 Å². The Morgan fingerprint density at radius 2 is 1.72 bits per heavy atom. The van der Waals surface area contributed by atoms with Crippen LogP contribution in [-0.4, -0.2) is 57.0 Å². The lowest BCUT2D eigenvalue weighted by Gasteiger charge is -2.32. The van der Waals surface area contributed by atoms with Gasteiger partial charge in [-0.3, -0.25) is 9.36 Å². The van der Waals surface area contributed by atoms with E-state index in [1.165, 1.54) is 31.1 Å². The first-order valence-electron chi connectivity index (χ1n) is 11.5. The number of unbranched alkanes of at least 4 members (excludes halogenated alkanes) is 1. The first-order valence-corrected chi connectivity index (χ1v) is 12.4. The molecule has 0 radical (unpaired) electrons. The van der Waals surface area contributed by atoms with Crippen molar-refractivity contribution in [2.45, 2.75) is 43.8 Å². The van der Waals surface area contributed by atoms with Gasteiger partial charge in [0.2, 0.25) is 5.91 Å². The van der Waals surface area contributed by atoms with Crippen molar-refractivity contribution in [1.29, 1.82) is 0 Å². The molecule has 7 heteroatoms. The highest BCUT2D eigenvalue weighted by atomic mass is 32.2. The Balaban J connectivity index is 1.39. The zero-order chi connectivity index (χ0) is 22.2. The van der Waals surface area contributed by atoms with Gasteiger partial charge < -0.3 is 10.2 Å². The average Bonchev–Trinajstić information content (AvgIpc) is 3.27. The molecule has 6 nitrogen and oxygen atoms in total. The molecule has 0 unspecified atom stereocenters. The van der Waals surface area contributed by atoms with Gasteiger partial charge in [0.1, 0.15) is 0 Å². The molecule has 4 rings (SSSR count). The van der Waals surface area contributed by atoms with Crippen molar-refractivity contribution in [2.24, 2.45) is 0 Å². The minimum absolute atomic E-state index is 0.0610. The van der Waals surface area contributed by atoms with Gasteiger partial charge in [-0.15, -0.1) is 10.2 Å². The Bertz CT molecular complexity index is 984. The maximum absolute atomic E-state index is 12.7. The summed E-state index contributed by atoms with van der Waals surface area (Å²) in [6, 6.07) is 20.3. The van der Waals surface area contributed by atoms with Gasteiger partial charge in [-0.25, -0.2) is 0 Å². The number of carbonyl (C=O) groups excluding carboxylic acids is 1. The van der Waals surface area contributed by atoms with Crippen molar-refractivity contribution in [1.82, 2.24) is 25.0 Å². The number of nitrogens with zero attached hydrogens (tertiary/aromatic N) is 4. The van der Waals surface area contributed by atoms with Gasteiger partial charge in [0.25, 0.3) is 0 Å². The standard InChI is InChI=1S/C25H31N5OS/c1-2-3-16-29-17-14-21(15-18-29)26-23(31)19-32-25-28-27-24(20-10-6-4-7-11-20)30(25)22-12-8-5-9-13-22/h4-13,21H,2-3,14-19H2,1H3,(H,26,31). The Morgan fingerprint density at radius 1 is 1.03 bits per heavy atom. The minimum atomic E-state index is 0.0610. The number of thioether (sulfide) groups is 1. The topological polar surface area (TPSA) is 63.1 Å². The van der Waals surface area contributed by atoms with E-state index in [1.807, 2.05) is 65.2 Å². The van der Waals surface area contributed by atoms with Gasteiger partial charge in [-0.2, -0.15) is 0 Å². The summed E-state index contributed by atoms with van der Waals surface area (Å²) in [6.45, 7) is 5.54. The molecule has 1 aliphatic heterocycles. The number of piperidine rings is 1. The molecule has 1 aromatic heterocycles. The fourth-order valence-corrected chi connectivity index (χ4v) is 4.79. The van der Waals surface area contributed by atoms with Gasteiger partial charge in [-0.05, 0) is 37.9 Å². The number of benzene rings is 2. The minimum Gasteiger partial charge on any atom is -0.353 e. The Morgan fingerprint density at radius 3 is 2.41 bits per heavy atom. The Labute approximate surface area is 194 Å². The van der Waals surface area contributed by atoms with E-state index in [-0.39, 0.29) is 11.9 Å². The first kappa shape index (κ1) is 22.6. The van der Waals surface area contributed by atoms with Gasteiger partial charge in [0.15, 0.2) is 11.0 Å². The second kappa shape index (κ2) is 11.3. The average molecular weight is 450 g/mol. The molecule has 0 aliphatic carbocycles. The first-order chi connectivity index (χ1) is 15.7. The molecular weight excluding hydrogens is 418 g/mol. The normalized spacial score (nSPS) is 15.0. The number of para-hydroxylation sites is 1. The van der Waals surface area contributed by atoms with Crippen molar-refractivity contribution < 1.29 is 4.79 Å². The number of amides is 1. The summed E-state index contributed by atoms with van der Waals surface area (Å²) >= 11 is 1.43. The molecule has 1 amide bonds. The van der Waals surface area contributed by atoms with Gasteiger partial charge >= 0.3 is 0 Å². The zero-order valence-corrected chi connectivity index (χ0v) is 19.4. The third-order valence-electron chi connectivity index (χ3n) is 5.79. The molecule has 0 saturated carbocycles. The summed E-state index contributed by atoms with van der Waals surface area (Å²) in [7, 11) is 0. The second-order valence-electron chi connectivity index (χ2n) is 8.17. The van der Waals surface area contributed by atoms with Crippen molar-refractivity contribution in [2.75, 3.05) is 25.4 Å². The number of carbonyl (C=O) groups is 1. The zero-order valence-electron chi connectivity index (χ0n) is 18.6. The van der Waals surface area contributed by atoms with E-state index in [0.717, 1.165) is 48.2 Å². The van der Waals surface area contributed by atoms with Crippen molar-refractivity contribution in [3.05, 3.63) is 60.7 Å². The molecule has 32 heavy (non-hydrogen) atoms. The summed E-state index contributed by atoms with van der Waals surface area (Å²) in [4.78, 5) is 15.2. The summed E-state index contributed by atoms with van der Waals surface area (Å²) in [5.74, 6) is 1.17. The summed E-state index contributed by atoms with van der Waals surface area (Å²) in [5.41, 5.74) is 1.98. The molecule has 2 heterocycles. The lowest BCUT2D eigenvalue weighted by atomic mass is 10.0. The quantitative estimate of drug-likeness (QED) is 0.491. The second-order valence-corrected chi connectivity index (χ2v) is 9.11. The smallest absolute Gasteiger partial charge is 0.230 e. The maximum atomic E-state index is 12.7. The fraction of sp³-hybridized carbons (Fsp3) is 0.400. The third kappa shape index (κ3) is 5.78. The van der Waals surface area contributed by atoms with Gasteiger partial charge in [0, 0.05) is 30.4 Å². The van der Waals surface area contributed by atoms with Crippen LogP contribution in [0.25, 0.3) is 17.1 Å². The van der Waals surface area contributed by atoms with E-state index in [1.54, 1.807) is 0 Å². The van der Waals surface area contributed by atoms with Crippen LogP contribution in [0, 0.1) is 0 Å². The maximum Gasteiger partial charge on any atom is 0.230 e. The van der Waals surface area contributed by atoms with Crippen LogP contribution >= 0.6 is 11.8 Å². The van der Waals surface area contributed by atoms with Crippen molar-refractivity contribution in [3.8, 4) is 17.1 Å². The van der Waals surface area contributed by atoms with Crippen molar-refractivity contribution in [3.63, 3.8) is 0 Å². The van der Waals surface area contributed by atoms with E-state index in [0.29, 0.717) is 5.75 Å². The number of likely N-dealkylation sites (tertiary alicyclic amines) is 1. The number of nitrogens with one attached hydrogen (secondary N) is 1. The van der Waals surface area contributed by atoms with E-state index in [4.69, 9.17) is 0 Å². The van der Waals surface area contributed by atoms with Crippen molar-refractivity contribution >= 4 is 17.7 Å². The van der Waals surface area contributed by atoms with E-state index in [9.17, 15) is 4.79 Å². The molecule has 1 saturated heterocycles. The van der Waals surface area contributed by atoms with E-state index >= 15 is 0 Å². The monoisotopic (exact) mass is 449 g/mol. The van der Waals surface area contributed by atoms with E-state index in [2.05, 4.69) is 27.3 Å². The summed E-state index contributed by atoms with van der Waals surface area (Å²) < 4.78 is 2.03. The molecule has 168 valence electrons. The summed E-state index contributed by atoms with van der Waals surface area (Å²) in [6.07, 6.45) is 4.53. The molecule has 1 N–H and O–H groups in total.